The molecule has 21 heavy (non-hydrogen) atoms. The summed E-state index contributed by atoms with van der Waals surface area (Å²) in [7, 11) is 1.93. The van der Waals surface area contributed by atoms with Gasteiger partial charge < -0.3 is 19.3 Å². The first-order valence-electron chi connectivity index (χ1n) is 7.79. The Hall–Kier alpha value is -1.02. The molecular weight excluding hydrogens is 272 g/mol. The fraction of sp³-hybridized carbons (Fsp3) is 0.857. The Balaban J connectivity index is 1.47. The van der Waals surface area contributed by atoms with Crippen LogP contribution in [0.25, 0.3) is 0 Å². The predicted octanol–water partition coefficient (Wildman–Crippen LogP) is 0.307. The molecule has 116 valence electrons. The van der Waals surface area contributed by atoms with Gasteiger partial charge in [-0.2, -0.15) is 4.98 Å². The van der Waals surface area contributed by atoms with Crippen LogP contribution >= 0.6 is 0 Å². The van der Waals surface area contributed by atoms with Gasteiger partial charge in [-0.3, -0.25) is 4.90 Å². The second-order valence-electron chi connectivity index (χ2n) is 6.14. The van der Waals surface area contributed by atoms with E-state index in [0.29, 0.717) is 31.0 Å². The lowest BCUT2D eigenvalue weighted by Gasteiger charge is -2.33. The molecule has 0 bridgehead atoms. The molecule has 3 fully saturated rings. The van der Waals surface area contributed by atoms with E-state index in [-0.39, 0.29) is 18.1 Å². The van der Waals surface area contributed by atoms with Gasteiger partial charge >= 0.3 is 0 Å². The Bertz CT molecular complexity index is 494. The lowest BCUT2D eigenvalue weighted by atomic mass is 10.0. The maximum Gasteiger partial charge on any atom is 0.233 e. The zero-order chi connectivity index (χ0) is 14.2. The quantitative estimate of drug-likeness (QED) is 0.860. The highest BCUT2D eigenvalue weighted by atomic mass is 16.5. The second-order valence-corrected chi connectivity index (χ2v) is 6.14. The Kier molecular flexibility index (Phi) is 3.66. The van der Waals surface area contributed by atoms with Gasteiger partial charge in [-0.25, -0.2) is 0 Å². The van der Waals surface area contributed by atoms with E-state index in [1.807, 2.05) is 7.05 Å². The molecule has 4 unspecified atom stereocenters. The highest BCUT2D eigenvalue weighted by molar-refractivity contribution is 5.04. The molecule has 0 amide bonds. The minimum Gasteiger partial charge on any atom is -0.379 e. The van der Waals surface area contributed by atoms with Gasteiger partial charge in [0.25, 0.3) is 0 Å². The molecule has 0 saturated carbocycles. The molecule has 1 N–H and O–H groups in total. The highest BCUT2D eigenvalue weighted by Gasteiger charge is 2.37. The second kappa shape index (κ2) is 5.64. The van der Waals surface area contributed by atoms with Crippen LogP contribution < -0.4 is 5.32 Å². The number of nitrogens with zero attached hydrogens (tertiary/aromatic N) is 3. The van der Waals surface area contributed by atoms with Crippen LogP contribution in [0.1, 0.15) is 36.6 Å². The average Bonchev–Trinajstić information content (AvgIpc) is 3.24. The van der Waals surface area contributed by atoms with Crippen LogP contribution in [0.15, 0.2) is 4.52 Å². The molecule has 7 heteroatoms. The van der Waals surface area contributed by atoms with Gasteiger partial charge in [0, 0.05) is 18.6 Å². The molecule has 0 aromatic carbocycles. The van der Waals surface area contributed by atoms with Crippen molar-refractivity contribution in [2.75, 3.05) is 40.0 Å². The van der Waals surface area contributed by atoms with Crippen LogP contribution in [0.4, 0.5) is 0 Å². The summed E-state index contributed by atoms with van der Waals surface area (Å²) < 4.78 is 16.9. The Morgan fingerprint density at radius 2 is 2.24 bits per heavy atom. The largest absolute Gasteiger partial charge is 0.379 e. The lowest BCUT2D eigenvalue weighted by Crippen LogP contribution is -2.42. The van der Waals surface area contributed by atoms with Gasteiger partial charge in [0.15, 0.2) is 0 Å². The molecule has 0 aliphatic carbocycles. The first kappa shape index (κ1) is 13.6. The summed E-state index contributed by atoms with van der Waals surface area (Å²) in [4.78, 5) is 7.06. The monoisotopic (exact) mass is 294 g/mol. The summed E-state index contributed by atoms with van der Waals surface area (Å²) >= 11 is 0. The van der Waals surface area contributed by atoms with Gasteiger partial charge in [-0.1, -0.05) is 5.16 Å². The van der Waals surface area contributed by atoms with Gasteiger partial charge in [-0.15, -0.1) is 0 Å². The molecule has 3 aliphatic heterocycles. The Morgan fingerprint density at radius 1 is 1.29 bits per heavy atom. The van der Waals surface area contributed by atoms with Gasteiger partial charge in [-0.05, 0) is 26.4 Å². The molecular formula is C14H22N4O3. The fourth-order valence-electron chi connectivity index (χ4n) is 3.58. The van der Waals surface area contributed by atoms with Crippen LogP contribution in [0.3, 0.4) is 0 Å². The third-order valence-corrected chi connectivity index (χ3v) is 4.90. The van der Waals surface area contributed by atoms with Gasteiger partial charge in [0.2, 0.25) is 11.7 Å². The zero-order valence-electron chi connectivity index (χ0n) is 12.3. The molecule has 3 aliphatic rings. The van der Waals surface area contributed by atoms with Crippen molar-refractivity contribution >= 4 is 0 Å². The number of rotatable bonds is 3. The van der Waals surface area contributed by atoms with Crippen molar-refractivity contribution in [3.63, 3.8) is 0 Å². The van der Waals surface area contributed by atoms with Crippen LogP contribution in [-0.2, 0) is 9.47 Å². The number of morpholine rings is 1. The molecule has 3 saturated heterocycles. The molecule has 4 heterocycles. The smallest absolute Gasteiger partial charge is 0.233 e. The van der Waals surface area contributed by atoms with E-state index in [1.165, 1.54) is 12.8 Å². The van der Waals surface area contributed by atoms with E-state index in [4.69, 9.17) is 14.0 Å². The number of aromatic nitrogens is 2. The predicted molar refractivity (Wildman–Crippen MR) is 74.0 cm³/mol. The fourth-order valence-corrected chi connectivity index (χ4v) is 3.58. The number of likely N-dealkylation sites (N-methyl/N-ethyl adjacent to an activating group) is 1. The molecule has 1 aromatic heterocycles. The van der Waals surface area contributed by atoms with Crippen LogP contribution in [0, 0.1) is 0 Å². The Morgan fingerprint density at radius 3 is 3.14 bits per heavy atom. The standard InChI is InChI=1S/C14H22N4O3/c1-15-11-8-19-7-10(11)14-16-13(17-21-14)12-5-18-4-2-3-9(18)6-20-12/h9-12,15H,2-8H2,1H3. The molecule has 7 nitrogen and oxygen atoms in total. The van der Waals surface area contributed by atoms with Crippen molar-refractivity contribution in [1.82, 2.24) is 20.4 Å². The lowest BCUT2D eigenvalue weighted by molar-refractivity contribution is -0.0548. The van der Waals surface area contributed by atoms with Crippen molar-refractivity contribution in [3.05, 3.63) is 11.7 Å². The van der Waals surface area contributed by atoms with Crippen molar-refractivity contribution in [2.45, 2.75) is 36.9 Å². The molecule has 4 rings (SSSR count). The summed E-state index contributed by atoms with van der Waals surface area (Å²) in [6, 6.07) is 0.832. The number of ether oxygens (including phenoxy) is 2. The maximum absolute atomic E-state index is 5.93. The van der Waals surface area contributed by atoms with Crippen molar-refractivity contribution in [2.24, 2.45) is 0 Å². The third kappa shape index (κ3) is 2.48. The van der Waals surface area contributed by atoms with Crippen molar-refractivity contribution in [3.8, 4) is 0 Å². The molecule has 1 aromatic rings. The van der Waals surface area contributed by atoms with Crippen LogP contribution in [0.5, 0.6) is 0 Å². The number of hydrogen-bond donors (Lipinski definition) is 1. The van der Waals surface area contributed by atoms with Gasteiger partial charge in [0.1, 0.15) is 6.10 Å². The van der Waals surface area contributed by atoms with Gasteiger partial charge in [0.05, 0.1) is 25.7 Å². The highest BCUT2D eigenvalue weighted by Crippen LogP contribution is 2.30. The minimum absolute atomic E-state index is 0.0628. The van der Waals surface area contributed by atoms with E-state index in [2.05, 4.69) is 20.4 Å². The molecule has 4 atom stereocenters. The van der Waals surface area contributed by atoms with Crippen LogP contribution in [0.2, 0.25) is 0 Å². The van der Waals surface area contributed by atoms with Crippen molar-refractivity contribution < 1.29 is 14.0 Å². The summed E-state index contributed by atoms with van der Waals surface area (Å²) in [6.45, 7) is 4.13. The summed E-state index contributed by atoms with van der Waals surface area (Å²) in [5.41, 5.74) is 0. The van der Waals surface area contributed by atoms with E-state index in [1.54, 1.807) is 0 Å². The zero-order valence-corrected chi connectivity index (χ0v) is 12.3. The first-order chi connectivity index (χ1) is 10.3. The Labute approximate surface area is 124 Å². The van der Waals surface area contributed by atoms with E-state index in [0.717, 1.165) is 19.7 Å². The van der Waals surface area contributed by atoms with E-state index < -0.39 is 0 Å². The summed E-state index contributed by atoms with van der Waals surface area (Å²) in [5.74, 6) is 1.48. The maximum atomic E-state index is 5.93. The molecule has 0 spiro atoms. The molecule has 0 radical (unpaired) electrons. The minimum atomic E-state index is -0.0628. The van der Waals surface area contributed by atoms with E-state index >= 15 is 0 Å². The number of hydrogen-bond acceptors (Lipinski definition) is 7. The summed E-state index contributed by atoms with van der Waals surface area (Å²) in [5, 5.41) is 7.39. The summed E-state index contributed by atoms with van der Waals surface area (Å²) in [6.07, 6.45) is 2.45. The number of nitrogens with one attached hydrogen (secondary N) is 1. The SMILES string of the molecule is CNC1COCC1c1nc(C2CN3CCCC3CO2)no1. The van der Waals surface area contributed by atoms with E-state index in [9.17, 15) is 0 Å². The topological polar surface area (TPSA) is 72.7 Å². The third-order valence-electron chi connectivity index (χ3n) is 4.90. The van der Waals surface area contributed by atoms with Crippen molar-refractivity contribution in [1.29, 1.82) is 0 Å². The normalized spacial score (nSPS) is 37.0. The van der Waals surface area contributed by atoms with Crippen LogP contribution in [-0.4, -0.2) is 67.1 Å². The first-order valence-corrected chi connectivity index (χ1v) is 7.79. The average molecular weight is 294 g/mol. The number of fused-ring (bicyclic) bond motifs is 1.